The fourth-order valence-corrected chi connectivity index (χ4v) is 3.42. The van der Waals surface area contributed by atoms with Crippen LogP contribution in [0.5, 0.6) is 5.75 Å². The van der Waals surface area contributed by atoms with Gasteiger partial charge in [0.2, 0.25) is 0 Å². The summed E-state index contributed by atoms with van der Waals surface area (Å²) in [6, 6.07) is 22.1. The molecule has 3 rings (SSSR count). The first kappa shape index (κ1) is 21.1. The molecule has 29 heavy (non-hydrogen) atoms. The Bertz CT molecular complexity index is 863. The lowest BCUT2D eigenvalue weighted by Gasteiger charge is -2.25. The minimum absolute atomic E-state index is 0.533. The van der Waals surface area contributed by atoms with Crippen molar-refractivity contribution < 1.29 is 14.6 Å². The first-order valence-corrected chi connectivity index (χ1v) is 9.91. The van der Waals surface area contributed by atoms with E-state index in [2.05, 4.69) is 39.9 Å². The minimum atomic E-state index is -0.533. The number of aromatic nitrogens is 1. The fraction of sp³-hybridized carbons (Fsp3) is 0.333. The molecule has 0 saturated carbocycles. The molecule has 0 aliphatic heterocycles. The normalized spacial score (nSPS) is 12.3. The van der Waals surface area contributed by atoms with Crippen molar-refractivity contribution in [1.82, 2.24) is 9.47 Å². The number of methoxy groups -OCH3 is 2. The van der Waals surface area contributed by atoms with Crippen LogP contribution in [-0.4, -0.2) is 48.5 Å². The van der Waals surface area contributed by atoms with E-state index in [1.165, 1.54) is 11.3 Å². The van der Waals surface area contributed by atoms with Gasteiger partial charge in [-0.25, -0.2) is 0 Å². The van der Waals surface area contributed by atoms with Crippen molar-refractivity contribution in [2.75, 3.05) is 33.9 Å². The average molecular weight is 395 g/mol. The molecular weight excluding hydrogens is 364 g/mol. The van der Waals surface area contributed by atoms with Crippen LogP contribution in [-0.2, 0) is 17.8 Å². The van der Waals surface area contributed by atoms with Gasteiger partial charge in [0.1, 0.15) is 5.75 Å². The number of hydrogen-bond acceptors (Lipinski definition) is 4. The van der Waals surface area contributed by atoms with Crippen LogP contribution in [0.4, 0.5) is 0 Å². The van der Waals surface area contributed by atoms with Gasteiger partial charge >= 0.3 is 0 Å². The molecule has 0 fully saturated rings. The number of aliphatic hydroxyl groups excluding tert-OH is 1. The molecule has 0 radical (unpaired) electrons. The maximum Gasteiger partial charge on any atom is 0.119 e. The van der Waals surface area contributed by atoms with E-state index in [0.717, 1.165) is 30.9 Å². The van der Waals surface area contributed by atoms with Gasteiger partial charge in [-0.15, -0.1) is 0 Å². The van der Waals surface area contributed by atoms with Gasteiger partial charge in [-0.05, 0) is 35.4 Å². The fourth-order valence-electron chi connectivity index (χ4n) is 3.42. The molecule has 3 aromatic rings. The Morgan fingerprint density at radius 2 is 1.83 bits per heavy atom. The number of ether oxygens (including phenoxy) is 2. The quantitative estimate of drug-likeness (QED) is 0.538. The monoisotopic (exact) mass is 394 g/mol. The Hall–Kier alpha value is -2.60. The van der Waals surface area contributed by atoms with E-state index < -0.39 is 6.10 Å². The minimum Gasteiger partial charge on any atom is -0.497 e. The lowest BCUT2D eigenvalue weighted by atomic mass is 10.1. The van der Waals surface area contributed by atoms with Gasteiger partial charge in [0.05, 0.1) is 19.8 Å². The van der Waals surface area contributed by atoms with E-state index in [1.54, 1.807) is 14.2 Å². The molecule has 1 N–H and O–H groups in total. The number of aliphatic hydroxyl groups is 1. The summed E-state index contributed by atoms with van der Waals surface area (Å²) in [7, 11) is 3.39. The summed E-state index contributed by atoms with van der Waals surface area (Å²) < 4.78 is 12.9. The van der Waals surface area contributed by atoms with Crippen LogP contribution in [0.2, 0.25) is 0 Å². The summed E-state index contributed by atoms with van der Waals surface area (Å²) in [5.74, 6) is 0.865. The summed E-state index contributed by atoms with van der Waals surface area (Å²) in [6.45, 7) is 3.45. The van der Waals surface area contributed by atoms with Gasteiger partial charge in [0, 0.05) is 45.2 Å². The predicted molar refractivity (Wildman–Crippen MR) is 115 cm³/mol. The van der Waals surface area contributed by atoms with E-state index in [0.29, 0.717) is 13.2 Å². The number of nitrogens with zero attached hydrogens (tertiary/aromatic N) is 2. The van der Waals surface area contributed by atoms with Crippen LogP contribution >= 0.6 is 0 Å². The first-order chi connectivity index (χ1) is 14.2. The average Bonchev–Trinajstić information content (AvgIpc) is 3.19. The molecule has 0 aliphatic carbocycles. The van der Waals surface area contributed by atoms with Crippen molar-refractivity contribution in [3.8, 4) is 5.75 Å². The number of rotatable bonds is 11. The number of benzene rings is 2. The first-order valence-electron chi connectivity index (χ1n) is 9.91. The van der Waals surface area contributed by atoms with Crippen LogP contribution in [0, 0.1) is 0 Å². The SMILES string of the molecule is COCCN(Cc1cccn1Cc1cccc(OC)c1)C[C@H](O)c1ccccc1. The molecule has 5 heteroatoms. The lowest BCUT2D eigenvalue weighted by Crippen LogP contribution is -2.32. The van der Waals surface area contributed by atoms with Crippen LogP contribution in [0.15, 0.2) is 72.9 Å². The van der Waals surface area contributed by atoms with Crippen molar-refractivity contribution in [2.24, 2.45) is 0 Å². The second-order valence-electron chi connectivity index (χ2n) is 7.13. The Morgan fingerprint density at radius 3 is 2.59 bits per heavy atom. The summed E-state index contributed by atoms with van der Waals surface area (Å²) in [5.41, 5.74) is 3.32. The van der Waals surface area contributed by atoms with E-state index in [-0.39, 0.29) is 0 Å². The molecule has 5 nitrogen and oxygen atoms in total. The van der Waals surface area contributed by atoms with E-state index in [1.807, 2.05) is 42.5 Å². The van der Waals surface area contributed by atoms with Crippen molar-refractivity contribution in [1.29, 1.82) is 0 Å². The van der Waals surface area contributed by atoms with Gasteiger partial charge in [-0.3, -0.25) is 4.90 Å². The van der Waals surface area contributed by atoms with Crippen molar-refractivity contribution in [3.05, 3.63) is 89.7 Å². The molecule has 0 spiro atoms. The zero-order chi connectivity index (χ0) is 20.5. The Kier molecular flexibility index (Phi) is 7.87. The van der Waals surface area contributed by atoms with Crippen molar-refractivity contribution in [2.45, 2.75) is 19.2 Å². The maximum atomic E-state index is 10.7. The molecule has 0 unspecified atom stereocenters. The second-order valence-corrected chi connectivity index (χ2v) is 7.13. The summed E-state index contributed by atoms with van der Waals surface area (Å²) in [5, 5.41) is 10.7. The zero-order valence-corrected chi connectivity index (χ0v) is 17.2. The van der Waals surface area contributed by atoms with Crippen molar-refractivity contribution >= 4 is 0 Å². The van der Waals surface area contributed by atoms with Crippen LogP contribution in [0.3, 0.4) is 0 Å². The van der Waals surface area contributed by atoms with E-state index in [4.69, 9.17) is 9.47 Å². The largest absolute Gasteiger partial charge is 0.497 e. The highest BCUT2D eigenvalue weighted by Crippen LogP contribution is 2.18. The topological polar surface area (TPSA) is 46.9 Å². The Balaban J connectivity index is 1.70. The van der Waals surface area contributed by atoms with E-state index >= 15 is 0 Å². The van der Waals surface area contributed by atoms with Crippen molar-refractivity contribution in [3.63, 3.8) is 0 Å². The molecule has 0 amide bonds. The second kappa shape index (κ2) is 10.8. The van der Waals surface area contributed by atoms with E-state index in [9.17, 15) is 5.11 Å². The standard InChI is InChI=1S/C24H30N2O3/c1-28-15-14-25(19-24(27)21-9-4-3-5-10-21)18-22-11-7-13-26(22)17-20-8-6-12-23(16-20)29-2/h3-13,16,24,27H,14-15,17-19H2,1-2H3/t24-/m0/s1. The van der Waals surface area contributed by atoms with Crippen LogP contribution in [0.1, 0.15) is 22.9 Å². The molecule has 1 heterocycles. The molecule has 2 aromatic carbocycles. The third-order valence-corrected chi connectivity index (χ3v) is 5.02. The third-order valence-electron chi connectivity index (χ3n) is 5.02. The third kappa shape index (κ3) is 6.19. The summed E-state index contributed by atoms with van der Waals surface area (Å²) in [4.78, 5) is 2.23. The Labute approximate surface area is 173 Å². The summed E-state index contributed by atoms with van der Waals surface area (Å²) in [6.07, 6.45) is 1.56. The highest BCUT2D eigenvalue weighted by molar-refractivity contribution is 5.29. The molecule has 0 aliphatic rings. The molecular formula is C24H30N2O3. The Morgan fingerprint density at radius 1 is 1.00 bits per heavy atom. The van der Waals surface area contributed by atoms with Gasteiger partial charge in [0.25, 0.3) is 0 Å². The summed E-state index contributed by atoms with van der Waals surface area (Å²) >= 11 is 0. The van der Waals surface area contributed by atoms with Gasteiger partial charge in [-0.2, -0.15) is 0 Å². The van der Waals surface area contributed by atoms with Gasteiger partial charge in [-0.1, -0.05) is 42.5 Å². The maximum absolute atomic E-state index is 10.7. The smallest absolute Gasteiger partial charge is 0.119 e. The van der Waals surface area contributed by atoms with Gasteiger partial charge < -0.3 is 19.1 Å². The predicted octanol–water partition coefficient (Wildman–Crippen LogP) is 3.73. The molecule has 0 bridgehead atoms. The lowest BCUT2D eigenvalue weighted by molar-refractivity contribution is 0.0837. The highest BCUT2D eigenvalue weighted by Gasteiger charge is 2.15. The molecule has 154 valence electrons. The molecule has 1 aromatic heterocycles. The number of hydrogen-bond donors (Lipinski definition) is 1. The van der Waals surface area contributed by atoms with Crippen LogP contribution < -0.4 is 4.74 Å². The molecule has 0 saturated heterocycles. The zero-order valence-electron chi connectivity index (χ0n) is 17.2. The molecule has 1 atom stereocenters. The van der Waals surface area contributed by atoms with Crippen LogP contribution in [0.25, 0.3) is 0 Å². The van der Waals surface area contributed by atoms with Gasteiger partial charge in [0.15, 0.2) is 0 Å². The highest BCUT2D eigenvalue weighted by atomic mass is 16.5.